The van der Waals surface area contributed by atoms with Crippen molar-refractivity contribution in [2.75, 3.05) is 5.32 Å². The molecule has 0 aliphatic heterocycles. The van der Waals surface area contributed by atoms with Crippen LogP contribution >= 0.6 is 11.6 Å². The Morgan fingerprint density at radius 2 is 1.38 bits per heavy atom. The molecule has 3 heteroatoms. The summed E-state index contributed by atoms with van der Waals surface area (Å²) in [6.45, 7) is 0. The van der Waals surface area contributed by atoms with Crippen LogP contribution in [0.2, 0.25) is 5.15 Å². The fraction of sp³-hybridized carbons (Fsp3) is 0.0556. The molecule has 0 fully saturated rings. The molecule has 0 saturated heterocycles. The highest BCUT2D eigenvalue weighted by Gasteiger charge is 2.13. The van der Waals surface area contributed by atoms with Crippen molar-refractivity contribution in [2.24, 2.45) is 0 Å². The molecule has 21 heavy (non-hydrogen) atoms. The smallest absolute Gasteiger partial charge is 0.131 e. The zero-order valence-electron chi connectivity index (χ0n) is 11.4. The number of anilines is 1. The number of aromatic nitrogens is 1. The summed E-state index contributed by atoms with van der Waals surface area (Å²) in [5, 5.41) is 4.01. The average molecular weight is 295 g/mol. The van der Waals surface area contributed by atoms with Crippen LogP contribution in [0.15, 0.2) is 79.0 Å². The fourth-order valence-electron chi connectivity index (χ4n) is 2.31. The molecular formula is C18H15ClN2. The Morgan fingerprint density at radius 1 is 0.810 bits per heavy atom. The van der Waals surface area contributed by atoms with Gasteiger partial charge >= 0.3 is 0 Å². The SMILES string of the molecule is Clc1cc(NC(c2ccccc2)c2ccccc2)ccn1. The number of hydrogen-bond donors (Lipinski definition) is 1. The molecule has 0 aliphatic carbocycles. The molecule has 2 nitrogen and oxygen atoms in total. The lowest BCUT2D eigenvalue weighted by molar-refractivity contribution is 0.938. The Kier molecular flexibility index (Phi) is 4.17. The minimum absolute atomic E-state index is 0.0749. The molecule has 1 heterocycles. The van der Waals surface area contributed by atoms with E-state index in [0.29, 0.717) is 5.15 Å². The summed E-state index contributed by atoms with van der Waals surface area (Å²) in [5.41, 5.74) is 3.36. The molecule has 0 atom stereocenters. The molecule has 0 unspecified atom stereocenters. The molecule has 2 aromatic carbocycles. The lowest BCUT2D eigenvalue weighted by atomic mass is 9.98. The van der Waals surface area contributed by atoms with Gasteiger partial charge in [-0.15, -0.1) is 0 Å². The van der Waals surface area contributed by atoms with E-state index in [1.807, 2.05) is 48.5 Å². The van der Waals surface area contributed by atoms with Crippen LogP contribution in [0.3, 0.4) is 0 Å². The summed E-state index contributed by atoms with van der Waals surface area (Å²) >= 11 is 5.97. The summed E-state index contributed by atoms with van der Waals surface area (Å²) in [6.07, 6.45) is 1.71. The van der Waals surface area contributed by atoms with E-state index in [2.05, 4.69) is 34.6 Å². The summed E-state index contributed by atoms with van der Waals surface area (Å²) in [4.78, 5) is 4.02. The quantitative estimate of drug-likeness (QED) is 0.690. The Labute approximate surface area is 129 Å². The van der Waals surface area contributed by atoms with Crippen LogP contribution in [0.4, 0.5) is 5.69 Å². The lowest BCUT2D eigenvalue weighted by Crippen LogP contribution is -2.12. The number of pyridine rings is 1. The number of nitrogens with zero attached hydrogens (tertiary/aromatic N) is 1. The maximum absolute atomic E-state index is 5.97. The van der Waals surface area contributed by atoms with Gasteiger partial charge in [0, 0.05) is 11.9 Å². The topological polar surface area (TPSA) is 24.9 Å². The maximum Gasteiger partial charge on any atom is 0.131 e. The zero-order valence-corrected chi connectivity index (χ0v) is 12.2. The van der Waals surface area contributed by atoms with Crippen molar-refractivity contribution in [3.05, 3.63) is 95.3 Å². The average Bonchev–Trinajstić information content (AvgIpc) is 2.54. The van der Waals surface area contributed by atoms with Crippen molar-refractivity contribution >= 4 is 17.3 Å². The van der Waals surface area contributed by atoms with Gasteiger partial charge in [-0.25, -0.2) is 4.98 Å². The first-order valence-electron chi connectivity index (χ1n) is 6.81. The lowest BCUT2D eigenvalue weighted by Gasteiger charge is -2.21. The van der Waals surface area contributed by atoms with E-state index in [9.17, 15) is 0 Å². The predicted molar refractivity (Wildman–Crippen MR) is 87.6 cm³/mol. The van der Waals surface area contributed by atoms with Gasteiger partial charge in [-0.1, -0.05) is 72.3 Å². The van der Waals surface area contributed by atoms with Crippen molar-refractivity contribution in [3.8, 4) is 0 Å². The van der Waals surface area contributed by atoms with E-state index in [1.165, 1.54) is 11.1 Å². The van der Waals surface area contributed by atoms with Crippen molar-refractivity contribution in [2.45, 2.75) is 6.04 Å². The molecule has 3 aromatic rings. The first-order valence-corrected chi connectivity index (χ1v) is 7.19. The van der Waals surface area contributed by atoms with E-state index in [1.54, 1.807) is 6.20 Å². The first kappa shape index (κ1) is 13.7. The van der Waals surface area contributed by atoms with E-state index >= 15 is 0 Å². The molecule has 0 saturated carbocycles. The number of rotatable bonds is 4. The Balaban J connectivity index is 1.97. The van der Waals surface area contributed by atoms with Gasteiger partial charge < -0.3 is 5.32 Å². The molecule has 0 spiro atoms. The fourth-order valence-corrected chi connectivity index (χ4v) is 2.48. The van der Waals surface area contributed by atoms with Gasteiger partial charge in [0.1, 0.15) is 5.15 Å². The van der Waals surface area contributed by atoms with Crippen LogP contribution in [0, 0.1) is 0 Å². The maximum atomic E-state index is 5.97. The predicted octanol–water partition coefficient (Wildman–Crippen LogP) is 4.94. The van der Waals surface area contributed by atoms with Gasteiger partial charge in [-0.2, -0.15) is 0 Å². The van der Waals surface area contributed by atoms with Crippen molar-refractivity contribution in [1.82, 2.24) is 4.98 Å². The first-order chi connectivity index (χ1) is 10.3. The molecule has 0 radical (unpaired) electrons. The van der Waals surface area contributed by atoms with Crippen molar-refractivity contribution in [3.63, 3.8) is 0 Å². The monoisotopic (exact) mass is 294 g/mol. The zero-order chi connectivity index (χ0) is 14.5. The van der Waals surface area contributed by atoms with Crippen LogP contribution in [0.25, 0.3) is 0 Å². The number of nitrogens with one attached hydrogen (secondary N) is 1. The van der Waals surface area contributed by atoms with Crippen LogP contribution in [-0.4, -0.2) is 4.98 Å². The van der Waals surface area contributed by atoms with Crippen LogP contribution in [0.1, 0.15) is 17.2 Å². The van der Waals surface area contributed by atoms with Crippen molar-refractivity contribution < 1.29 is 0 Å². The number of hydrogen-bond acceptors (Lipinski definition) is 2. The van der Waals surface area contributed by atoms with Gasteiger partial charge in [-0.05, 0) is 23.3 Å². The van der Waals surface area contributed by atoms with Crippen LogP contribution in [0.5, 0.6) is 0 Å². The molecular weight excluding hydrogens is 280 g/mol. The molecule has 104 valence electrons. The Bertz CT molecular complexity index is 659. The Hall–Kier alpha value is -2.32. The van der Waals surface area contributed by atoms with E-state index in [-0.39, 0.29) is 6.04 Å². The van der Waals surface area contributed by atoms with E-state index in [4.69, 9.17) is 11.6 Å². The molecule has 1 N–H and O–H groups in total. The largest absolute Gasteiger partial charge is 0.374 e. The second-order valence-corrected chi connectivity index (χ2v) is 5.15. The second-order valence-electron chi connectivity index (χ2n) is 4.77. The van der Waals surface area contributed by atoms with Crippen molar-refractivity contribution in [1.29, 1.82) is 0 Å². The molecule has 1 aromatic heterocycles. The van der Waals surface area contributed by atoms with Gasteiger partial charge in [0.2, 0.25) is 0 Å². The van der Waals surface area contributed by atoms with Gasteiger partial charge in [0.25, 0.3) is 0 Å². The third-order valence-corrected chi connectivity index (χ3v) is 3.51. The summed E-state index contributed by atoms with van der Waals surface area (Å²) in [6, 6.07) is 24.5. The normalized spacial score (nSPS) is 10.6. The minimum atomic E-state index is 0.0749. The van der Waals surface area contributed by atoms with Crippen LogP contribution in [-0.2, 0) is 0 Å². The molecule has 0 bridgehead atoms. The second kappa shape index (κ2) is 6.42. The standard InChI is InChI=1S/C18H15ClN2/c19-17-13-16(11-12-20-17)21-18(14-7-3-1-4-8-14)15-9-5-2-6-10-15/h1-13,18H,(H,20,21). The van der Waals surface area contributed by atoms with Gasteiger partial charge in [0.05, 0.1) is 6.04 Å². The van der Waals surface area contributed by atoms with E-state index in [0.717, 1.165) is 5.69 Å². The third-order valence-electron chi connectivity index (χ3n) is 3.30. The van der Waals surface area contributed by atoms with E-state index < -0.39 is 0 Å². The van der Waals surface area contributed by atoms with Gasteiger partial charge in [0.15, 0.2) is 0 Å². The summed E-state index contributed by atoms with van der Waals surface area (Å²) in [7, 11) is 0. The molecule has 0 aliphatic rings. The van der Waals surface area contributed by atoms with Gasteiger partial charge in [-0.3, -0.25) is 0 Å². The summed E-state index contributed by atoms with van der Waals surface area (Å²) in [5.74, 6) is 0. The summed E-state index contributed by atoms with van der Waals surface area (Å²) < 4.78 is 0. The highest BCUT2D eigenvalue weighted by molar-refractivity contribution is 6.29. The molecule has 0 amide bonds. The number of halogens is 1. The minimum Gasteiger partial charge on any atom is -0.374 e. The highest BCUT2D eigenvalue weighted by atomic mass is 35.5. The third kappa shape index (κ3) is 3.41. The molecule has 3 rings (SSSR count). The number of benzene rings is 2. The Morgan fingerprint density at radius 3 is 1.90 bits per heavy atom. The highest BCUT2D eigenvalue weighted by Crippen LogP contribution is 2.27. The van der Waals surface area contributed by atoms with Crippen LogP contribution < -0.4 is 5.32 Å².